The monoisotopic (exact) mass is 539 g/mol. The van der Waals surface area contributed by atoms with Crippen molar-refractivity contribution >= 4 is 23.3 Å². The van der Waals surface area contributed by atoms with Crippen LogP contribution in [0.3, 0.4) is 0 Å². The predicted molar refractivity (Wildman–Crippen MR) is 132 cm³/mol. The number of aromatic hydroxyl groups is 2. The number of benzene rings is 2. The maximum Gasteiger partial charge on any atom is 0.405 e. The van der Waals surface area contributed by atoms with Gasteiger partial charge < -0.3 is 20.3 Å². The van der Waals surface area contributed by atoms with E-state index >= 15 is 4.39 Å². The van der Waals surface area contributed by atoms with Crippen LogP contribution in [0.5, 0.6) is 11.5 Å². The van der Waals surface area contributed by atoms with E-state index in [1.807, 2.05) is 4.90 Å². The molecule has 0 spiro atoms. The topological polar surface area (TPSA) is 133 Å². The molecule has 5 N–H and O–H groups in total. The number of alkyl halides is 3. The van der Waals surface area contributed by atoms with Crippen LogP contribution in [0.1, 0.15) is 36.5 Å². The Labute approximate surface area is 216 Å². The lowest BCUT2D eigenvalue weighted by Gasteiger charge is -2.28. The summed E-state index contributed by atoms with van der Waals surface area (Å²) in [7, 11) is 0. The molecule has 0 aromatic heterocycles. The highest BCUT2D eigenvalue weighted by Crippen LogP contribution is 2.34. The van der Waals surface area contributed by atoms with Crippen LogP contribution in [-0.2, 0) is 16.1 Å². The van der Waals surface area contributed by atoms with Crippen molar-refractivity contribution in [2.75, 3.05) is 37.7 Å². The van der Waals surface area contributed by atoms with E-state index in [4.69, 9.17) is 15.6 Å². The van der Waals surface area contributed by atoms with E-state index in [1.54, 1.807) is 19.2 Å². The highest BCUT2D eigenvalue weighted by molar-refractivity contribution is 6.48. The molecule has 9 nitrogen and oxygen atoms in total. The molecule has 0 aliphatic carbocycles. The third kappa shape index (κ3) is 6.98. The average molecular weight is 540 g/mol. The van der Waals surface area contributed by atoms with Gasteiger partial charge in [-0.15, -0.1) is 0 Å². The molecule has 1 fully saturated rings. The normalized spacial score (nSPS) is 14.4. The van der Waals surface area contributed by atoms with Gasteiger partial charge in [-0.2, -0.15) is 13.2 Å². The van der Waals surface area contributed by atoms with Gasteiger partial charge in [-0.1, -0.05) is 19.9 Å². The number of carbonyl (C=O) groups is 1. The Balaban J connectivity index is 2.01. The highest BCUT2D eigenvalue weighted by atomic mass is 19.4. The molecule has 206 valence electrons. The van der Waals surface area contributed by atoms with Gasteiger partial charge in [0.05, 0.1) is 24.5 Å². The third-order valence-corrected chi connectivity index (χ3v) is 5.93. The molecule has 2 aromatic rings. The number of amidine groups is 2. The zero-order valence-corrected chi connectivity index (χ0v) is 20.8. The van der Waals surface area contributed by atoms with E-state index in [2.05, 4.69) is 0 Å². The predicted octanol–water partition coefficient (Wildman–Crippen LogP) is 3.68. The Kier molecular flexibility index (Phi) is 8.94. The molecule has 38 heavy (non-hydrogen) atoms. The fourth-order valence-corrected chi connectivity index (χ4v) is 3.91. The zero-order valence-electron chi connectivity index (χ0n) is 20.8. The molecule has 0 radical (unpaired) electrons. The van der Waals surface area contributed by atoms with Crippen molar-refractivity contribution in [3.8, 4) is 11.5 Å². The van der Waals surface area contributed by atoms with E-state index < -0.39 is 41.9 Å². The first-order chi connectivity index (χ1) is 17.8. The van der Waals surface area contributed by atoms with Crippen LogP contribution in [-0.4, -0.2) is 71.7 Å². The Morgan fingerprint density at radius 2 is 1.79 bits per heavy atom. The fraction of sp³-hybridized carbons (Fsp3) is 0.400. The number of hydrogen-bond donors (Lipinski definition) is 5. The van der Waals surface area contributed by atoms with Gasteiger partial charge in [0, 0.05) is 31.3 Å². The number of nitrogens with one attached hydrogen (secondary N) is 3. The van der Waals surface area contributed by atoms with Crippen LogP contribution < -0.4 is 10.2 Å². The molecule has 1 saturated heterocycles. The van der Waals surface area contributed by atoms with Crippen molar-refractivity contribution in [1.82, 2.24) is 10.2 Å². The molecule has 0 bridgehead atoms. The van der Waals surface area contributed by atoms with E-state index in [-0.39, 0.29) is 29.5 Å². The van der Waals surface area contributed by atoms with Gasteiger partial charge in [0.25, 0.3) is 5.91 Å². The van der Waals surface area contributed by atoms with Crippen molar-refractivity contribution in [2.24, 2.45) is 0 Å². The number of anilines is 1. The van der Waals surface area contributed by atoms with Gasteiger partial charge in [0.15, 0.2) is 5.84 Å². The Morgan fingerprint density at radius 1 is 1.13 bits per heavy atom. The average Bonchev–Trinajstić information content (AvgIpc) is 2.84. The Hall–Kier alpha value is -3.71. The van der Waals surface area contributed by atoms with E-state index in [1.165, 1.54) is 18.2 Å². The van der Waals surface area contributed by atoms with E-state index in [9.17, 15) is 28.2 Å². The van der Waals surface area contributed by atoms with Gasteiger partial charge in [0.1, 0.15) is 29.7 Å². The molecule has 1 aliphatic heterocycles. The summed E-state index contributed by atoms with van der Waals surface area (Å²) in [5.41, 5.74) is 0.217. The first-order valence-corrected chi connectivity index (χ1v) is 11.8. The van der Waals surface area contributed by atoms with Crippen LogP contribution in [0, 0.1) is 16.6 Å². The lowest BCUT2D eigenvalue weighted by molar-refractivity contribution is -0.134. The Morgan fingerprint density at radius 3 is 2.37 bits per heavy atom. The van der Waals surface area contributed by atoms with Gasteiger partial charge in [-0.05, 0) is 29.7 Å². The molecule has 1 heterocycles. The second-order valence-corrected chi connectivity index (χ2v) is 9.08. The van der Waals surface area contributed by atoms with Gasteiger partial charge in [-0.3, -0.25) is 25.4 Å². The minimum absolute atomic E-state index is 0.191. The number of halogens is 4. The molecular formula is C25H29F4N5O4. The quantitative estimate of drug-likeness (QED) is 0.216. The van der Waals surface area contributed by atoms with Crippen molar-refractivity contribution in [3.63, 3.8) is 0 Å². The first kappa shape index (κ1) is 28.9. The number of carbonyl (C=O) groups excluding carboxylic acids is 1. The molecule has 0 unspecified atom stereocenters. The summed E-state index contributed by atoms with van der Waals surface area (Å²) in [4.78, 5) is 15.1. The number of phenolic OH excluding ortho intramolecular Hbond substituents is 2. The molecule has 0 saturated carbocycles. The zero-order chi connectivity index (χ0) is 28.2. The summed E-state index contributed by atoms with van der Waals surface area (Å²) in [6, 6.07) is 5.96. The largest absolute Gasteiger partial charge is 0.508 e. The molecule has 2 aromatic carbocycles. The summed E-state index contributed by atoms with van der Waals surface area (Å²) in [6.45, 7) is 4.23. The number of ether oxygens (including phenoxy) is 1. The molecule has 3 rings (SSSR count). The van der Waals surface area contributed by atoms with Crippen LogP contribution in [0.15, 0.2) is 30.3 Å². The molecule has 0 atom stereocenters. The van der Waals surface area contributed by atoms with Crippen LogP contribution in [0.4, 0.5) is 23.2 Å². The van der Waals surface area contributed by atoms with E-state index in [0.29, 0.717) is 42.3 Å². The van der Waals surface area contributed by atoms with Crippen LogP contribution in [0.2, 0.25) is 0 Å². The SMILES string of the molecule is CC(C)c1cc(C(=N)N(C(=N)C(=O)NCC(F)(F)F)c2ccc(CN3CCOCC3)c(F)c2)c(O)cc1O. The number of rotatable bonds is 6. The van der Waals surface area contributed by atoms with Crippen molar-refractivity contribution < 1.29 is 37.3 Å². The molecule has 1 aliphatic rings. The minimum Gasteiger partial charge on any atom is -0.508 e. The molecular weight excluding hydrogens is 510 g/mol. The van der Waals surface area contributed by atoms with Crippen molar-refractivity contribution in [2.45, 2.75) is 32.5 Å². The standard InChI is InChI=1S/C25H29F4N5O4/c1-14(2)17-10-18(21(36)11-20(17)35)22(30)34(23(31)24(37)32-13-25(27,28)29)16-4-3-15(19(26)9-16)12-33-5-7-38-8-6-33/h3-4,9-11,14,30-31,35-36H,5-8,12-13H2,1-2H3,(H,32,37). The number of phenols is 2. The fourth-order valence-electron chi connectivity index (χ4n) is 3.91. The number of morpholine rings is 1. The summed E-state index contributed by atoms with van der Waals surface area (Å²) in [5, 5.41) is 39.1. The lowest BCUT2D eigenvalue weighted by atomic mass is 9.98. The summed E-state index contributed by atoms with van der Waals surface area (Å²) in [6.07, 6.45) is -4.75. The van der Waals surface area contributed by atoms with Crippen LogP contribution >= 0.6 is 0 Å². The van der Waals surface area contributed by atoms with Crippen LogP contribution in [0.25, 0.3) is 0 Å². The maximum atomic E-state index is 15.1. The molecule has 1 amide bonds. The van der Waals surface area contributed by atoms with Crippen molar-refractivity contribution in [1.29, 1.82) is 10.8 Å². The van der Waals surface area contributed by atoms with E-state index in [0.717, 1.165) is 12.1 Å². The van der Waals surface area contributed by atoms with Crippen molar-refractivity contribution in [3.05, 3.63) is 52.8 Å². The summed E-state index contributed by atoms with van der Waals surface area (Å²) < 4.78 is 58.4. The second kappa shape index (κ2) is 11.8. The van der Waals surface area contributed by atoms with Gasteiger partial charge >= 0.3 is 6.18 Å². The number of amides is 1. The minimum atomic E-state index is -4.75. The molecule has 13 heteroatoms. The van der Waals surface area contributed by atoms with Gasteiger partial charge in [-0.25, -0.2) is 4.39 Å². The number of hydrogen-bond acceptors (Lipinski definition) is 7. The maximum absolute atomic E-state index is 15.1. The summed E-state index contributed by atoms with van der Waals surface area (Å²) in [5.74, 6) is -5.04. The lowest BCUT2D eigenvalue weighted by Crippen LogP contribution is -2.48. The first-order valence-electron chi connectivity index (χ1n) is 11.8. The van der Waals surface area contributed by atoms with Gasteiger partial charge in [0.2, 0.25) is 0 Å². The highest BCUT2D eigenvalue weighted by Gasteiger charge is 2.32. The second-order valence-electron chi connectivity index (χ2n) is 9.08. The third-order valence-electron chi connectivity index (χ3n) is 5.93. The Bertz CT molecular complexity index is 1210. The summed E-state index contributed by atoms with van der Waals surface area (Å²) >= 11 is 0. The smallest absolute Gasteiger partial charge is 0.405 e. The number of nitrogens with zero attached hydrogens (tertiary/aromatic N) is 2.